The number of nitrogens with zero attached hydrogens (tertiary/aromatic N) is 2. The van der Waals surface area contributed by atoms with E-state index >= 15 is 0 Å². The van der Waals surface area contributed by atoms with Crippen LogP contribution in [0.2, 0.25) is 10.0 Å². The summed E-state index contributed by atoms with van der Waals surface area (Å²) in [5.74, 6) is 1.19. The molecule has 0 aliphatic rings. The molecule has 23 heavy (non-hydrogen) atoms. The number of halogens is 2. The number of aromatic nitrogens is 2. The number of rotatable bonds is 3. The third-order valence-electron chi connectivity index (χ3n) is 3.46. The molecule has 2 N–H and O–H groups in total. The number of hydrogen-bond donors (Lipinski definition) is 1. The Morgan fingerprint density at radius 2 is 1.65 bits per heavy atom. The smallest absolute Gasteiger partial charge is 0.220 e. The normalized spacial score (nSPS) is 10.8. The fourth-order valence-corrected chi connectivity index (χ4v) is 3.06. The van der Waals surface area contributed by atoms with Crippen molar-refractivity contribution in [2.75, 3.05) is 20.0 Å². The summed E-state index contributed by atoms with van der Waals surface area (Å²) in [6.07, 6.45) is 1.65. The van der Waals surface area contributed by atoms with Crippen molar-refractivity contribution in [2.45, 2.75) is 0 Å². The fourth-order valence-electron chi connectivity index (χ4n) is 2.34. The van der Waals surface area contributed by atoms with Crippen molar-refractivity contribution in [2.24, 2.45) is 0 Å². The molecule has 0 saturated carbocycles. The van der Waals surface area contributed by atoms with Crippen LogP contribution in [0.5, 0.6) is 11.5 Å². The second kappa shape index (κ2) is 6.10. The first-order valence-electron chi connectivity index (χ1n) is 6.67. The summed E-state index contributed by atoms with van der Waals surface area (Å²) in [5.41, 5.74) is 7.77. The first-order valence-corrected chi connectivity index (χ1v) is 7.43. The average molecular weight is 350 g/mol. The van der Waals surface area contributed by atoms with E-state index in [4.69, 9.17) is 38.4 Å². The van der Waals surface area contributed by atoms with Crippen molar-refractivity contribution in [1.29, 1.82) is 0 Å². The molecule has 3 rings (SSSR count). The SMILES string of the molecule is COc1cc(OC)c(Cl)c(-c2ccc3nc(N)ncc3c2)c1Cl. The van der Waals surface area contributed by atoms with Crippen LogP contribution < -0.4 is 15.2 Å². The molecule has 1 heterocycles. The number of fused-ring (bicyclic) bond motifs is 1. The topological polar surface area (TPSA) is 70.3 Å². The number of benzene rings is 2. The maximum atomic E-state index is 6.44. The zero-order chi connectivity index (χ0) is 16.6. The van der Waals surface area contributed by atoms with Gasteiger partial charge in [0.1, 0.15) is 11.5 Å². The second-order valence-corrected chi connectivity index (χ2v) is 5.54. The summed E-state index contributed by atoms with van der Waals surface area (Å²) in [4.78, 5) is 8.18. The van der Waals surface area contributed by atoms with Gasteiger partial charge in [-0.05, 0) is 17.7 Å². The van der Waals surface area contributed by atoms with Crippen molar-refractivity contribution < 1.29 is 9.47 Å². The van der Waals surface area contributed by atoms with Crippen LogP contribution in [0.4, 0.5) is 5.95 Å². The van der Waals surface area contributed by atoms with E-state index in [9.17, 15) is 0 Å². The van der Waals surface area contributed by atoms with E-state index in [0.29, 0.717) is 27.1 Å². The number of nitrogens with two attached hydrogens (primary N) is 1. The van der Waals surface area contributed by atoms with E-state index in [0.717, 1.165) is 16.5 Å². The molecule has 0 aliphatic heterocycles. The third-order valence-corrected chi connectivity index (χ3v) is 4.21. The minimum atomic E-state index is 0.226. The van der Waals surface area contributed by atoms with Gasteiger partial charge in [0, 0.05) is 23.2 Å². The van der Waals surface area contributed by atoms with Gasteiger partial charge in [-0.1, -0.05) is 29.3 Å². The van der Waals surface area contributed by atoms with Gasteiger partial charge in [-0.2, -0.15) is 0 Å². The van der Waals surface area contributed by atoms with Crippen molar-refractivity contribution in [3.8, 4) is 22.6 Å². The van der Waals surface area contributed by atoms with Crippen LogP contribution in [0.1, 0.15) is 0 Å². The largest absolute Gasteiger partial charge is 0.495 e. The molecule has 0 radical (unpaired) electrons. The van der Waals surface area contributed by atoms with Crippen LogP contribution in [0, 0.1) is 0 Å². The van der Waals surface area contributed by atoms with Crippen LogP contribution in [0.25, 0.3) is 22.0 Å². The second-order valence-electron chi connectivity index (χ2n) is 4.79. The van der Waals surface area contributed by atoms with Gasteiger partial charge in [-0.25, -0.2) is 9.97 Å². The minimum Gasteiger partial charge on any atom is -0.495 e. The molecule has 0 bridgehead atoms. The van der Waals surface area contributed by atoms with Gasteiger partial charge in [0.05, 0.1) is 29.8 Å². The van der Waals surface area contributed by atoms with Gasteiger partial charge in [-0.3, -0.25) is 0 Å². The Bertz CT molecular complexity index is 872. The lowest BCUT2D eigenvalue weighted by Gasteiger charge is -2.15. The van der Waals surface area contributed by atoms with E-state index in [-0.39, 0.29) is 5.95 Å². The number of hydrogen-bond acceptors (Lipinski definition) is 5. The maximum absolute atomic E-state index is 6.44. The van der Waals surface area contributed by atoms with Gasteiger partial charge in [0.25, 0.3) is 0 Å². The lowest BCUT2D eigenvalue weighted by molar-refractivity contribution is 0.395. The Labute approximate surface area is 143 Å². The standard InChI is InChI=1S/C16H13Cl2N3O2/c1-22-11-6-12(23-2)15(18)13(14(11)17)8-3-4-10-9(5-8)7-20-16(19)21-10/h3-7H,1-2H3,(H2,19,20,21). The highest BCUT2D eigenvalue weighted by atomic mass is 35.5. The number of ether oxygens (including phenoxy) is 2. The molecule has 5 nitrogen and oxygen atoms in total. The maximum Gasteiger partial charge on any atom is 0.220 e. The molecule has 0 unspecified atom stereocenters. The summed E-state index contributed by atoms with van der Waals surface area (Å²) < 4.78 is 10.6. The summed E-state index contributed by atoms with van der Waals surface area (Å²) >= 11 is 12.9. The molecule has 1 aromatic heterocycles. The van der Waals surface area contributed by atoms with Crippen molar-refractivity contribution >= 4 is 40.1 Å². The molecule has 118 valence electrons. The highest BCUT2D eigenvalue weighted by Gasteiger charge is 2.19. The molecular weight excluding hydrogens is 337 g/mol. The molecule has 2 aromatic carbocycles. The molecule has 0 fully saturated rings. The monoisotopic (exact) mass is 349 g/mol. The number of nitrogen functional groups attached to an aromatic ring is 1. The Balaban J connectivity index is 2.27. The highest BCUT2D eigenvalue weighted by Crippen LogP contribution is 2.46. The predicted octanol–water partition coefficient (Wildman–Crippen LogP) is 4.20. The van der Waals surface area contributed by atoms with Gasteiger partial charge in [0.15, 0.2) is 0 Å². The zero-order valence-electron chi connectivity index (χ0n) is 12.4. The van der Waals surface area contributed by atoms with Crippen molar-refractivity contribution in [3.05, 3.63) is 40.5 Å². The van der Waals surface area contributed by atoms with Gasteiger partial charge in [0.2, 0.25) is 5.95 Å². The van der Waals surface area contributed by atoms with E-state index < -0.39 is 0 Å². The quantitative estimate of drug-likeness (QED) is 0.766. The molecule has 0 spiro atoms. The first-order chi connectivity index (χ1) is 11.0. The zero-order valence-corrected chi connectivity index (χ0v) is 13.9. The van der Waals surface area contributed by atoms with Gasteiger partial charge in [-0.15, -0.1) is 0 Å². The first kappa shape index (κ1) is 15.6. The van der Waals surface area contributed by atoms with Gasteiger partial charge < -0.3 is 15.2 Å². The minimum absolute atomic E-state index is 0.226. The van der Waals surface area contributed by atoms with E-state index in [1.807, 2.05) is 18.2 Å². The molecule has 0 saturated heterocycles. The molecular formula is C16H13Cl2N3O2. The van der Waals surface area contributed by atoms with Gasteiger partial charge >= 0.3 is 0 Å². The molecule has 3 aromatic rings. The van der Waals surface area contributed by atoms with Crippen molar-refractivity contribution in [1.82, 2.24) is 9.97 Å². The Hall–Kier alpha value is -2.24. The van der Waals surface area contributed by atoms with Crippen LogP contribution in [0.15, 0.2) is 30.5 Å². The summed E-state index contributed by atoms with van der Waals surface area (Å²) in [6, 6.07) is 7.24. The highest BCUT2D eigenvalue weighted by molar-refractivity contribution is 6.41. The van der Waals surface area contributed by atoms with E-state index in [1.54, 1.807) is 12.3 Å². The Morgan fingerprint density at radius 1 is 1.00 bits per heavy atom. The molecule has 0 atom stereocenters. The van der Waals surface area contributed by atoms with Crippen LogP contribution in [-0.4, -0.2) is 24.2 Å². The molecule has 0 aliphatic carbocycles. The van der Waals surface area contributed by atoms with Crippen molar-refractivity contribution in [3.63, 3.8) is 0 Å². The Morgan fingerprint density at radius 3 is 2.26 bits per heavy atom. The Kier molecular flexibility index (Phi) is 4.15. The molecule has 7 heteroatoms. The lowest BCUT2D eigenvalue weighted by atomic mass is 10.0. The van der Waals surface area contributed by atoms with E-state index in [1.165, 1.54) is 14.2 Å². The summed E-state index contributed by atoms with van der Waals surface area (Å²) in [5, 5.41) is 1.65. The lowest BCUT2D eigenvalue weighted by Crippen LogP contribution is -1.95. The average Bonchev–Trinajstić information content (AvgIpc) is 2.55. The van der Waals surface area contributed by atoms with Crippen LogP contribution in [-0.2, 0) is 0 Å². The molecule has 0 amide bonds. The number of anilines is 1. The fraction of sp³-hybridized carbons (Fsp3) is 0.125. The summed E-state index contributed by atoms with van der Waals surface area (Å²) in [7, 11) is 3.07. The van der Waals surface area contributed by atoms with Crippen LogP contribution >= 0.6 is 23.2 Å². The summed E-state index contributed by atoms with van der Waals surface area (Å²) in [6.45, 7) is 0. The predicted molar refractivity (Wildman–Crippen MR) is 92.5 cm³/mol. The number of methoxy groups -OCH3 is 2. The van der Waals surface area contributed by atoms with E-state index in [2.05, 4.69) is 9.97 Å². The van der Waals surface area contributed by atoms with Crippen LogP contribution in [0.3, 0.4) is 0 Å². The third kappa shape index (κ3) is 2.73.